The fourth-order valence-corrected chi connectivity index (χ4v) is 2.97. The van der Waals surface area contributed by atoms with Gasteiger partial charge in [-0.3, -0.25) is 4.79 Å². The fourth-order valence-electron chi connectivity index (χ4n) is 2.97. The maximum Gasteiger partial charge on any atom is 0.137 e. The molecule has 0 radical (unpaired) electrons. The third kappa shape index (κ3) is 4.69. The number of likely N-dealkylation sites (N-methyl/N-ethyl adjacent to an activating group) is 1. The lowest BCUT2D eigenvalue weighted by atomic mass is 9.74. The van der Waals surface area contributed by atoms with E-state index >= 15 is 0 Å². The Bertz CT molecular complexity index is 255. The molecule has 0 aromatic heterocycles. The van der Waals surface area contributed by atoms with Gasteiger partial charge in [-0.1, -0.05) is 20.8 Å². The topological polar surface area (TPSA) is 29.5 Å². The first-order valence-electron chi connectivity index (χ1n) is 7.41. The molecule has 106 valence electrons. The summed E-state index contributed by atoms with van der Waals surface area (Å²) in [6, 6.07) is 0. The molecular formula is C15H29NO2. The number of carbonyl (C=O) groups is 1. The Kier molecular flexibility index (Phi) is 6.87. The molecule has 0 aromatic carbocycles. The number of Topliss-reactive ketones (excluding diaryl/α,β-unsaturated/α-hetero) is 1. The number of hydrogen-bond donors (Lipinski definition) is 0. The van der Waals surface area contributed by atoms with Crippen molar-refractivity contribution in [3.63, 3.8) is 0 Å². The van der Waals surface area contributed by atoms with Crippen LogP contribution in [0.4, 0.5) is 0 Å². The Labute approximate surface area is 112 Å². The number of carbonyl (C=O) groups excluding carboxylic acids is 1. The van der Waals surface area contributed by atoms with Gasteiger partial charge in [0.25, 0.3) is 0 Å². The lowest BCUT2D eigenvalue weighted by molar-refractivity contribution is -0.128. The highest BCUT2D eigenvalue weighted by atomic mass is 16.5. The van der Waals surface area contributed by atoms with Gasteiger partial charge in [0.05, 0.1) is 6.61 Å². The van der Waals surface area contributed by atoms with Crippen LogP contribution in [-0.4, -0.2) is 43.5 Å². The van der Waals surface area contributed by atoms with Crippen molar-refractivity contribution in [1.29, 1.82) is 0 Å². The normalized spacial score (nSPS) is 28.9. The van der Waals surface area contributed by atoms with Gasteiger partial charge in [-0.25, -0.2) is 0 Å². The zero-order valence-electron chi connectivity index (χ0n) is 12.4. The number of ketones is 1. The molecule has 3 nitrogen and oxygen atoms in total. The van der Waals surface area contributed by atoms with E-state index in [9.17, 15) is 4.79 Å². The van der Waals surface area contributed by atoms with Gasteiger partial charge >= 0.3 is 0 Å². The SMILES string of the molecule is CCOCCN(CC)CC1C(=O)CC(C)CC1C. The van der Waals surface area contributed by atoms with Crippen LogP contribution in [0.25, 0.3) is 0 Å². The lowest BCUT2D eigenvalue weighted by Crippen LogP contribution is -2.41. The largest absolute Gasteiger partial charge is 0.380 e. The summed E-state index contributed by atoms with van der Waals surface area (Å²) in [4.78, 5) is 14.5. The van der Waals surface area contributed by atoms with E-state index in [0.29, 0.717) is 17.6 Å². The van der Waals surface area contributed by atoms with E-state index in [-0.39, 0.29) is 5.92 Å². The van der Waals surface area contributed by atoms with Crippen LogP contribution in [0.2, 0.25) is 0 Å². The Morgan fingerprint density at radius 2 is 2.06 bits per heavy atom. The molecule has 3 unspecified atom stereocenters. The third-order valence-corrected chi connectivity index (χ3v) is 4.08. The van der Waals surface area contributed by atoms with Crippen molar-refractivity contribution in [2.45, 2.75) is 40.5 Å². The van der Waals surface area contributed by atoms with Gasteiger partial charge < -0.3 is 9.64 Å². The summed E-state index contributed by atoms with van der Waals surface area (Å²) in [5, 5.41) is 0. The summed E-state index contributed by atoms with van der Waals surface area (Å²) in [5.74, 6) is 1.81. The summed E-state index contributed by atoms with van der Waals surface area (Å²) in [6.45, 7) is 13.0. The molecule has 3 heteroatoms. The van der Waals surface area contributed by atoms with Crippen LogP contribution < -0.4 is 0 Å². The average molecular weight is 255 g/mol. The molecule has 1 saturated carbocycles. The van der Waals surface area contributed by atoms with Crippen molar-refractivity contribution in [2.75, 3.05) is 32.8 Å². The zero-order valence-corrected chi connectivity index (χ0v) is 12.4. The second-order valence-corrected chi connectivity index (χ2v) is 5.69. The Morgan fingerprint density at radius 3 is 2.61 bits per heavy atom. The molecule has 0 aromatic rings. The van der Waals surface area contributed by atoms with Crippen LogP contribution in [0.5, 0.6) is 0 Å². The summed E-state index contributed by atoms with van der Waals surface area (Å²) in [5.41, 5.74) is 0. The number of nitrogens with zero attached hydrogens (tertiary/aromatic N) is 1. The van der Waals surface area contributed by atoms with E-state index in [1.807, 2.05) is 6.92 Å². The third-order valence-electron chi connectivity index (χ3n) is 4.08. The van der Waals surface area contributed by atoms with Gasteiger partial charge in [0, 0.05) is 32.0 Å². The van der Waals surface area contributed by atoms with Crippen molar-refractivity contribution in [1.82, 2.24) is 4.90 Å². The Hall–Kier alpha value is -0.410. The van der Waals surface area contributed by atoms with E-state index in [0.717, 1.165) is 39.3 Å². The summed E-state index contributed by atoms with van der Waals surface area (Å²) in [6.07, 6.45) is 1.97. The second-order valence-electron chi connectivity index (χ2n) is 5.69. The minimum Gasteiger partial charge on any atom is -0.380 e. The predicted molar refractivity (Wildman–Crippen MR) is 74.7 cm³/mol. The molecule has 1 aliphatic carbocycles. The maximum atomic E-state index is 12.1. The lowest BCUT2D eigenvalue weighted by Gasteiger charge is -2.34. The molecule has 1 aliphatic rings. The molecule has 18 heavy (non-hydrogen) atoms. The maximum absolute atomic E-state index is 12.1. The van der Waals surface area contributed by atoms with E-state index in [1.54, 1.807) is 0 Å². The van der Waals surface area contributed by atoms with Gasteiger partial charge in [0.2, 0.25) is 0 Å². The minimum absolute atomic E-state index is 0.239. The highest BCUT2D eigenvalue weighted by molar-refractivity contribution is 5.82. The van der Waals surface area contributed by atoms with E-state index in [1.165, 1.54) is 6.42 Å². The first-order chi connectivity index (χ1) is 8.58. The first kappa shape index (κ1) is 15.6. The average Bonchev–Trinajstić information content (AvgIpc) is 2.31. The molecule has 0 bridgehead atoms. The molecule has 0 heterocycles. The van der Waals surface area contributed by atoms with Crippen LogP contribution in [0.1, 0.15) is 40.5 Å². The molecule has 1 rings (SSSR count). The smallest absolute Gasteiger partial charge is 0.137 e. The Balaban J connectivity index is 2.44. The standard InChI is InChI=1S/C15H29NO2/c1-5-16(7-8-18-6-2)11-14-13(4)9-12(3)10-15(14)17/h12-14H,5-11H2,1-4H3. The molecule has 1 fully saturated rings. The summed E-state index contributed by atoms with van der Waals surface area (Å²) >= 11 is 0. The molecule has 0 aliphatic heterocycles. The molecule has 0 saturated heterocycles. The number of ether oxygens (including phenoxy) is 1. The van der Waals surface area contributed by atoms with E-state index in [2.05, 4.69) is 25.7 Å². The van der Waals surface area contributed by atoms with Crippen LogP contribution in [0, 0.1) is 17.8 Å². The zero-order chi connectivity index (χ0) is 13.5. The highest BCUT2D eigenvalue weighted by Gasteiger charge is 2.33. The Morgan fingerprint density at radius 1 is 1.33 bits per heavy atom. The van der Waals surface area contributed by atoms with Crippen molar-refractivity contribution >= 4 is 5.78 Å². The van der Waals surface area contributed by atoms with E-state index < -0.39 is 0 Å². The quantitative estimate of drug-likeness (QED) is 0.655. The molecule has 0 amide bonds. The monoisotopic (exact) mass is 255 g/mol. The molecular weight excluding hydrogens is 226 g/mol. The van der Waals surface area contributed by atoms with Gasteiger partial charge in [-0.05, 0) is 31.7 Å². The van der Waals surface area contributed by atoms with Crippen molar-refractivity contribution in [3.05, 3.63) is 0 Å². The second kappa shape index (κ2) is 7.90. The fraction of sp³-hybridized carbons (Fsp3) is 0.933. The first-order valence-corrected chi connectivity index (χ1v) is 7.41. The minimum atomic E-state index is 0.239. The van der Waals surface area contributed by atoms with Crippen LogP contribution >= 0.6 is 0 Å². The van der Waals surface area contributed by atoms with Crippen molar-refractivity contribution < 1.29 is 9.53 Å². The van der Waals surface area contributed by atoms with Gasteiger partial charge in [-0.2, -0.15) is 0 Å². The van der Waals surface area contributed by atoms with Crippen LogP contribution in [0.15, 0.2) is 0 Å². The van der Waals surface area contributed by atoms with Gasteiger partial charge in [0.1, 0.15) is 5.78 Å². The number of rotatable bonds is 7. The highest BCUT2D eigenvalue weighted by Crippen LogP contribution is 2.31. The number of hydrogen-bond acceptors (Lipinski definition) is 3. The molecule has 0 spiro atoms. The molecule has 0 N–H and O–H groups in total. The predicted octanol–water partition coefficient (Wildman–Crippen LogP) is 2.60. The van der Waals surface area contributed by atoms with Crippen molar-refractivity contribution in [3.8, 4) is 0 Å². The molecule has 3 atom stereocenters. The van der Waals surface area contributed by atoms with Crippen molar-refractivity contribution in [2.24, 2.45) is 17.8 Å². The summed E-state index contributed by atoms with van der Waals surface area (Å²) in [7, 11) is 0. The van der Waals surface area contributed by atoms with E-state index in [4.69, 9.17) is 4.74 Å². The summed E-state index contributed by atoms with van der Waals surface area (Å²) < 4.78 is 5.40. The van der Waals surface area contributed by atoms with Crippen LogP contribution in [-0.2, 0) is 9.53 Å². The van der Waals surface area contributed by atoms with Gasteiger partial charge in [0.15, 0.2) is 0 Å². The van der Waals surface area contributed by atoms with Crippen LogP contribution in [0.3, 0.4) is 0 Å². The van der Waals surface area contributed by atoms with Gasteiger partial charge in [-0.15, -0.1) is 0 Å².